The van der Waals surface area contributed by atoms with Crippen molar-refractivity contribution in [2.24, 2.45) is 0 Å². The van der Waals surface area contributed by atoms with Crippen LogP contribution in [0.5, 0.6) is 0 Å². The van der Waals surface area contributed by atoms with Gasteiger partial charge in [0.25, 0.3) is 5.91 Å². The first-order valence-corrected chi connectivity index (χ1v) is 9.44. The van der Waals surface area contributed by atoms with Crippen LogP contribution in [0.2, 0.25) is 0 Å². The van der Waals surface area contributed by atoms with Gasteiger partial charge in [0.05, 0.1) is 17.0 Å². The number of hydrogen-bond acceptors (Lipinski definition) is 3. The van der Waals surface area contributed by atoms with E-state index >= 15 is 0 Å². The SMILES string of the molecule is CC(C)(C)NC(=O)c1ccccc1NC(=O)CSCc1ccc(F)cc1. The molecule has 0 bridgehead atoms. The molecule has 0 aromatic heterocycles. The molecule has 2 aromatic carbocycles. The van der Waals surface area contributed by atoms with Crippen molar-refractivity contribution in [2.75, 3.05) is 11.1 Å². The smallest absolute Gasteiger partial charge is 0.253 e. The van der Waals surface area contributed by atoms with E-state index in [0.717, 1.165) is 5.56 Å². The number of rotatable bonds is 6. The molecule has 0 aliphatic carbocycles. The molecule has 26 heavy (non-hydrogen) atoms. The van der Waals surface area contributed by atoms with E-state index in [0.29, 0.717) is 17.0 Å². The topological polar surface area (TPSA) is 58.2 Å². The van der Waals surface area contributed by atoms with Crippen molar-refractivity contribution in [2.45, 2.75) is 32.1 Å². The van der Waals surface area contributed by atoms with Gasteiger partial charge in [0.2, 0.25) is 5.91 Å². The Kier molecular flexibility index (Phi) is 6.80. The lowest BCUT2D eigenvalue weighted by Crippen LogP contribution is -2.40. The van der Waals surface area contributed by atoms with Crippen molar-refractivity contribution < 1.29 is 14.0 Å². The van der Waals surface area contributed by atoms with E-state index in [1.54, 1.807) is 36.4 Å². The second kappa shape index (κ2) is 8.85. The summed E-state index contributed by atoms with van der Waals surface area (Å²) in [7, 11) is 0. The zero-order chi connectivity index (χ0) is 19.2. The molecule has 2 rings (SSSR count). The highest BCUT2D eigenvalue weighted by Gasteiger charge is 2.18. The van der Waals surface area contributed by atoms with Gasteiger partial charge in [0.1, 0.15) is 5.82 Å². The van der Waals surface area contributed by atoms with E-state index in [1.165, 1.54) is 23.9 Å². The fraction of sp³-hybridized carbons (Fsp3) is 0.300. The summed E-state index contributed by atoms with van der Waals surface area (Å²) in [5.74, 6) is 0.161. The second-order valence-corrected chi connectivity index (χ2v) is 7.90. The van der Waals surface area contributed by atoms with Gasteiger partial charge in [0, 0.05) is 11.3 Å². The third-order valence-electron chi connectivity index (χ3n) is 3.35. The first-order valence-electron chi connectivity index (χ1n) is 8.28. The first-order chi connectivity index (χ1) is 12.2. The van der Waals surface area contributed by atoms with Crippen LogP contribution in [0.1, 0.15) is 36.7 Å². The predicted octanol–water partition coefficient (Wildman–Crippen LogP) is 4.23. The van der Waals surface area contributed by atoms with Crippen LogP contribution in [0.15, 0.2) is 48.5 Å². The second-order valence-electron chi connectivity index (χ2n) is 6.92. The number of carbonyl (C=O) groups excluding carboxylic acids is 2. The third kappa shape index (κ3) is 6.52. The van der Waals surface area contributed by atoms with Crippen LogP contribution in [0.3, 0.4) is 0 Å². The average molecular weight is 374 g/mol. The summed E-state index contributed by atoms with van der Waals surface area (Å²) in [5.41, 5.74) is 1.51. The number of carbonyl (C=O) groups is 2. The number of benzene rings is 2. The number of amides is 2. The van der Waals surface area contributed by atoms with Crippen LogP contribution >= 0.6 is 11.8 Å². The van der Waals surface area contributed by atoms with E-state index in [-0.39, 0.29) is 28.9 Å². The van der Waals surface area contributed by atoms with Gasteiger partial charge in [-0.05, 0) is 50.6 Å². The van der Waals surface area contributed by atoms with Gasteiger partial charge < -0.3 is 10.6 Å². The summed E-state index contributed by atoms with van der Waals surface area (Å²) >= 11 is 1.43. The summed E-state index contributed by atoms with van der Waals surface area (Å²) in [6.07, 6.45) is 0. The highest BCUT2D eigenvalue weighted by atomic mass is 32.2. The number of anilines is 1. The van der Waals surface area contributed by atoms with Gasteiger partial charge in [-0.15, -0.1) is 11.8 Å². The summed E-state index contributed by atoms with van der Waals surface area (Å²) in [6.45, 7) is 5.70. The molecule has 0 heterocycles. The summed E-state index contributed by atoms with van der Waals surface area (Å²) < 4.78 is 12.9. The van der Waals surface area contributed by atoms with Gasteiger partial charge in [-0.25, -0.2) is 4.39 Å². The maximum Gasteiger partial charge on any atom is 0.253 e. The molecule has 0 saturated heterocycles. The lowest BCUT2D eigenvalue weighted by Gasteiger charge is -2.21. The molecule has 2 amide bonds. The molecule has 0 fully saturated rings. The van der Waals surface area contributed by atoms with Crippen LogP contribution in [0, 0.1) is 5.82 Å². The van der Waals surface area contributed by atoms with Crippen molar-refractivity contribution in [1.29, 1.82) is 0 Å². The Hall–Kier alpha value is -2.34. The summed E-state index contributed by atoms with van der Waals surface area (Å²) in [6, 6.07) is 13.1. The van der Waals surface area contributed by atoms with E-state index in [2.05, 4.69) is 10.6 Å². The normalized spacial score (nSPS) is 11.1. The molecule has 138 valence electrons. The van der Waals surface area contributed by atoms with Crippen LogP contribution in [-0.4, -0.2) is 23.1 Å². The standard InChI is InChI=1S/C20H23FN2O2S/c1-20(2,3)23-19(25)16-6-4-5-7-17(16)22-18(24)13-26-12-14-8-10-15(21)11-9-14/h4-11H,12-13H2,1-3H3,(H,22,24)(H,23,25). The number of thioether (sulfide) groups is 1. The molecular formula is C20H23FN2O2S. The van der Waals surface area contributed by atoms with Gasteiger partial charge >= 0.3 is 0 Å². The molecule has 0 spiro atoms. The Morgan fingerprint density at radius 1 is 1.04 bits per heavy atom. The Bertz CT molecular complexity index is 770. The van der Waals surface area contributed by atoms with E-state index < -0.39 is 0 Å². The van der Waals surface area contributed by atoms with Gasteiger partial charge in [0.15, 0.2) is 0 Å². The molecule has 0 atom stereocenters. The summed E-state index contributed by atoms with van der Waals surface area (Å²) in [4.78, 5) is 24.6. The van der Waals surface area contributed by atoms with Crippen LogP contribution in [-0.2, 0) is 10.5 Å². The van der Waals surface area contributed by atoms with Crippen LogP contribution in [0.25, 0.3) is 0 Å². The van der Waals surface area contributed by atoms with E-state index in [9.17, 15) is 14.0 Å². The molecule has 0 aliphatic heterocycles. The number of para-hydroxylation sites is 1. The molecule has 0 aliphatic rings. The maximum atomic E-state index is 12.9. The van der Waals surface area contributed by atoms with Crippen LogP contribution in [0.4, 0.5) is 10.1 Å². The highest BCUT2D eigenvalue weighted by molar-refractivity contribution is 7.99. The molecule has 2 N–H and O–H groups in total. The number of hydrogen-bond donors (Lipinski definition) is 2. The molecule has 0 radical (unpaired) electrons. The highest BCUT2D eigenvalue weighted by Crippen LogP contribution is 2.18. The average Bonchev–Trinajstić information content (AvgIpc) is 2.55. The molecule has 4 nitrogen and oxygen atoms in total. The van der Waals surface area contributed by atoms with Crippen molar-refractivity contribution >= 4 is 29.3 Å². The minimum atomic E-state index is -0.362. The van der Waals surface area contributed by atoms with Gasteiger partial charge in [-0.1, -0.05) is 24.3 Å². The molecule has 6 heteroatoms. The summed E-state index contributed by atoms with van der Waals surface area (Å²) in [5, 5.41) is 5.68. The molecule has 0 saturated carbocycles. The Labute approximate surface area is 157 Å². The monoisotopic (exact) mass is 374 g/mol. The number of nitrogens with one attached hydrogen (secondary N) is 2. The van der Waals surface area contributed by atoms with E-state index in [4.69, 9.17) is 0 Å². The predicted molar refractivity (Wildman–Crippen MR) is 105 cm³/mol. The molecule has 0 unspecified atom stereocenters. The zero-order valence-electron chi connectivity index (χ0n) is 15.1. The van der Waals surface area contributed by atoms with Gasteiger partial charge in [-0.3, -0.25) is 9.59 Å². The molecular weight excluding hydrogens is 351 g/mol. The zero-order valence-corrected chi connectivity index (χ0v) is 16.0. The lowest BCUT2D eigenvalue weighted by molar-refractivity contribution is -0.113. The van der Waals surface area contributed by atoms with Crippen molar-refractivity contribution in [3.63, 3.8) is 0 Å². The Morgan fingerprint density at radius 3 is 2.35 bits per heavy atom. The fourth-order valence-electron chi connectivity index (χ4n) is 2.23. The Balaban J connectivity index is 1.92. The largest absolute Gasteiger partial charge is 0.347 e. The van der Waals surface area contributed by atoms with Crippen molar-refractivity contribution in [3.05, 3.63) is 65.5 Å². The third-order valence-corrected chi connectivity index (χ3v) is 4.35. The fourth-order valence-corrected chi connectivity index (χ4v) is 3.01. The van der Waals surface area contributed by atoms with Crippen molar-refractivity contribution in [1.82, 2.24) is 5.32 Å². The quantitative estimate of drug-likeness (QED) is 0.796. The van der Waals surface area contributed by atoms with Gasteiger partial charge in [-0.2, -0.15) is 0 Å². The van der Waals surface area contributed by atoms with Crippen LogP contribution < -0.4 is 10.6 Å². The molecule has 2 aromatic rings. The Morgan fingerprint density at radius 2 is 1.69 bits per heavy atom. The first kappa shape index (κ1) is 20.0. The minimum absolute atomic E-state index is 0.187. The van der Waals surface area contributed by atoms with E-state index in [1.807, 2.05) is 20.8 Å². The lowest BCUT2D eigenvalue weighted by atomic mass is 10.1. The maximum absolute atomic E-state index is 12.9. The number of halogens is 1. The van der Waals surface area contributed by atoms with Crippen molar-refractivity contribution in [3.8, 4) is 0 Å². The minimum Gasteiger partial charge on any atom is -0.347 e.